The number of piperidine rings is 1. The van der Waals surface area contributed by atoms with E-state index in [1.807, 2.05) is 15.7 Å². The number of hydrogen-bond donors (Lipinski definition) is 0. The van der Waals surface area contributed by atoms with Crippen molar-refractivity contribution in [2.45, 2.75) is 52.7 Å². The molecule has 1 amide bonds. The SMILES string of the molecule is CC(C)n1cnc(C(=O)N2C[C@@H]3[C@H](C2)[C@@]3(C)C2=NOC(C)(C)C2)c1. The Bertz CT molecular complexity index is 706. The summed E-state index contributed by atoms with van der Waals surface area (Å²) in [5, 5.41) is 4.35. The fourth-order valence-electron chi connectivity index (χ4n) is 4.30. The fraction of sp³-hybridized carbons (Fsp3) is 0.722. The number of fused-ring (bicyclic) bond motifs is 1. The Morgan fingerprint density at radius 3 is 2.46 bits per heavy atom. The first-order valence-corrected chi connectivity index (χ1v) is 8.80. The van der Waals surface area contributed by atoms with Gasteiger partial charge in [-0.2, -0.15) is 0 Å². The van der Waals surface area contributed by atoms with Crippen molar-refractivity contribution in [1.29, 1.82) is 0 Å². The van der Waals surface area contributed by atoms with E-state index in [1.165, 1.54) is 5.71 Å². The van der Waals surface area contributed by atoms with Gasteiger partial charge in [-0.15, -0.1) is 0 Å². The fourth-order valence-corrected chi connectivity index (χ4v) is 4.30. The lowest BCUT2D eigenvalue weighted by Gasteiger charge is -2.24. The molecule has 1 saturated carbocycles. The van der Waals surface area contributed by atoms with Crippen LogP contribution >= 0.6 is 0 Å². The summed E-state index contributed by atoms with van der Waals surface area (Å²) in [4.78, 5) is 24.5. The third kappa shape index (κ3) is 2.19. The monoisotopic (exact) mass is 330 g/mol. The lowest BCUT2D eigenvalue weighted by Crippen LogP contribution is -2.36. The highest BCUT2D eigenvalue weighted by atomic mass is 16.7. The van der Waals surface area contributed by atoms with E-state index in [-0.39, 0.29) is 16.9 Å². The number of hydrogen-bond acceptors (Lipinski definition) is 4. The lowest BCUT2D eigenvalue weighted by molar-refractivity contribution is 0.0123. The van der Waals surface area contributed by atoms with Crippen LogP contribution in [0.25, 0.3) is 0 Å². The average Bonchev–Trinajstić information content (AvgIpc) is 3.04. The van der Waals surface area contributed by atoms with E-state index in [4.69, 9.17) is 4.84 Å². The zero-order valence-corrected chi connectivity index (χ0v) is 15.1. The van der Waals surface area contributed by atoms with E-state index in [0.717, 1.165) is 19.5 Å². The molecule has 1 aliphatic carbocycles. The van der Waals surface area contributed by atoms with Crippen molar-refractivity contribution in [3.05, 3.63) is 18.2 Å². The van der Waals surface area contributed by atoms with Gasteiger partial charge in [0.1, 0.15) is 11.3 Å². The summed E-state index contributed by atoms with van der Waals surface area (Å²) >= 11 is 0. The van der Waals surface area contributed by atoms with Crippen LogP contribution < -0.4 is 0 Å². The number of likely N-dealkylation sites (tertiary alicyclic amines) is 1. The topological polar surface area (TPSA) is 59.7 Å². The van der Waals surface area contributed by atoms with E-state index in [9.17, 15) is 4.79 Å². The van der Waals surface area contributed by atoms with Gasteiger partial charge >= 0.3 is 0 Å². The van der Waals surface area contributed by atoms with Gasteiger partial charge in [-0.25, -0.2) is 4.98 Å². The van der Waals surface area contributed by atoms with Gasteiger partial charge in [0, 0.05) is 37.2 Å². The first-order chi connectivity index (χ1) is 11.2. The van der Waals surface area contributed by atoms with Crippen LogP contribution in [-0.4, -0.2) is 44.8 Å². The molecule has 1 aromatic rings. The second kappa shape index (κ2) is 4.83. The molecule has 1 saturated heterocycles. The van der Waals surface area contributed by atoms with Gasteiger partial charge in [0.2, 0.25) is 0 Å². The van der Waals surface area contributed by atoms with E-state index in [0.29, 0.717) is 23.6 Å². The molecule has 24 heavy (non-hydrogen) atoms. The molecular formula is C18H26N4O2. The summed E-state index contributed by atoms with van der Waals surface area (Å²) in [7, 11) is 0. The largest absolute Gasteiger partial charge is 0.389 e. The van der Waals surface area contributed by atoms with Crippen LogP contribution in [0.3, 0.4) is 0 Å². The first kappa shape index (κ1) is 15.7. The van der Waals surface area contributed by atoms with Gasteiger partial charge in [-0.1, -0.05) is 12.1 Å². The maximum atomic E-state index is 12.7. The molecular weight excluding hydrogens is 304 g/mol. The van der Waals surface area contributed by atoms with Crippen LogP contribution in [0.5, 0.6) is 0 Å². The second-order valence-electron chi connectivity index (χ2n) is 8.57. The summed E-state index contributed by atoms with van der Waals surface area (Å²) in [5.74, 6) is 1.06. The Kier molecular flexibility index (Phi) is 3.15. The summed E-state index contributed by atoms with van der Waals surface area (Å²) < 4.78 is 1.97. The van der Waals surface area contributed by atoms with Crippen molar-refractivity contribution in [1.82, 2.24) is 14.5 Å². The Morgan fingerprint density at radius 2 is 1.96 bits per heavy atom. The minimum atomic E-state index is -0.186. The maximum Gasteiger partial charge on any atom is 0.274 e. The molecule has 0 bridgehead atoms. The molecule has 1 aromatic heterocycles. The van der Waals surface area contributed by atoms with Crippen LogP contribution in [-0.2, 0) is 4.84 Å². The van der Waals surface area contributed by atoms with Crippen molar-refractivity contribution in [3.8, 4) is 0 Å². The molecule has 0 aromatic carbocycles. The third-order valence-electron chi connectivity index (χ3n) is 6.07. The molecule has 6 nitrogen and oxygen atoms in total. The highest BCUT2D eigenvalue weighted by molar-refractivity contribution is 5.96. The minimum Gasteiger partial charge on any atom is -0.389 e. The van der Waals surface area contributed by atoms with Crippen LogP contribution in [0.1, 0.15) is 57.6 Å². The molecule has 3 atom stereocenters. The Labute approximate surface area is 142 Å². The molecule has 130 valence electrons. The van der Waals surface area contributed by atoms with Crippen molar-refractivity contribution in [2.75, 3.05) is 13.1 Å². The van der Waals surface area contributed by atoms with E-state index >= 15 is 0 Å². The van der Waals surface area contributed by atoms with Crippen molar-refractivity contribution in [3.63, 3.8) is 0 Å². The van der Waals surface area contributed by atoms with Crippen LogP contribution in [0.15, 0.2) is 17.7 Å². The van der Waals surface area contributed by atoms with Gasteiger partial charge in [0.05, 0.1) is 12.0 Å². The molecule has 0 radical (unpaired) electrons. The molecule has 2 aliphatic heterocycles. The zero-order valence-electron chi connectivity index (χ0n) is 15.1. The third-order valence-corrected chi connectivity index (χ3v) is 6.07. The van der Waals surface area contributed by atoms with Gasteiger partial charge in [-0.3, -0.25) is 4.79 Å². The maximum absolute atomic E-state index is 12.7. The number of aromatic nitrogens is 2. The van der Waals surface area contributed by atoms with Crippen molar-refractivity contribution < 1.29 is 9.63 Å². The Morgan fingerprint density at radius 1 is 1.29 bits per heavy atom. The van der Waals surface area contributed by atoms with Gasteiger partial charge in [-0.05, 0) is 39.5 Å². The van der Waals surface area contributed by atoms with Crippen LogP contribution in [0.2, 0.25) is 0 Å². The highest BCUT2D eigenvalue weighted by Gasteiger charge is 2.69. The van der Waals surface area contributed by atoms with Crippen molar-refractivity contribution in [2.24, 2.45) is 22.4 Å². The summed E-state index contributed by atoms with van der Waals surface area (Å²) in [6, 6.07) is 0.318. The number of nitrogens with zero attached hydrogens (tertiary/aromatic N) is 4. The first-order valence-electron chi connectivity index (χ1n) is 8.80. The predicted octanol–water partition coefficient (Wildman–Crippen LogP) is 2.73. The van der Waals surface area contributed by atoms with Crippen LogP contribution in [0.4, 0.5) is 0 Å². The number of imidazole rings is 1. The molecule has 0 unspecified atom stereocenters. The standard InChI is InChI=1S/C18H26N4O2/c1-11(2)22-9-14(19-10-22)16(23)21-7-12-13(8-21)18(12,5)15-6-17(3,4)24-20-15/h9-13H,6-8H2,1-5H3/t12-,13+,18+. The predicted molar refractivity (Wildman–Crippen MR) is 90.8 cm³/mol. The zero-order chi connectivity index (χ0) is 17.3. The average molecular weight is 330 g/mol. The smallest absolute Gasteiger partial charge is 0.274 e. The number of rotatable bonds is 3. The minimum absolute atomic E-state index is 0.0499. The molecule has 0 spiro atoms. The van der Waals surface area contributed by atoms with Crippen LogP contribution in [0, 0.1) is 17.3 Å². The van der Waals surface area contributed by atoms with Gasteiger partial charge in [0.25, 0.3) is 5.91 Å². The van der Waals surface area contributed by atoms with Crippen molar-refractivity contribution >= 4 is 11.6 Å². The lowest BCUT2D eigenvalue weighted by atomic mass is 9.88. The van der Waals surface area contributed by atoms with Gasteiger partial charge < -0.3 is 14.3 Å². The molecule has 3 aliphatic rings. The Hall–Kier alpha value is -1.85. The molecule has 4 rings (SSSR count). The molecule has 3 heterocycles. The number of oxime groups is 1. The Balaban J connectivity index is 1.42. The highest BCUT2D eigenvalue weighted by Crippen LogP contribution is 2.64. The second-order valence-corrected chi connectivity index (χ2v) is 8.57. The number of carbonyl (C=O) groups is 1. The van der Waals surface area contributed by atoms with E-state index < -0.39 is 0 Å². The summed E-state index contributed by atoms with van der Waals surface area (Å²) in [5.41, 5.74) is 1.66. The molecule has 0 N–H and O–H groups in total. The molecule has 2 fully saturated rings. The molecule has 6 heteroatoms. The summed E-state index contributed by atoms with van der Waals surface area (Å²) in [6.07, 6.45) is 4.49. The van der Waals surface area contributed by atoms with Gasteiger partial charge in [0.15, 0.2) is 0 Å². The number of carbonyl (C=O) groups excluding carboxylic acids is 1. The summed E-state index contributed by atoms with van der Waals surface area (Å²) in [6.45, 7) is 12.2. The van der Waals surface area contributed by atoms with E-state index in [2.05, 4.69) is 44.8 Å². The normalized spacial score (nSPS) is 33.4. The van der Waals surface area contributed by atoms with E-state index in [1.54, 1.807) is 6.33 Å². The quantitative estimate of drug-likeness (QED) is 0.856. The number of amides is 1.